The Labute approximate surface area is 141 Å². The van der Waals surface area contributed by atoms with E-state index in [0.29, 0.717) is 19.0 Å². The lowest BCUT2D eigenvalue weighted by Gasteiger charge is -2.10. The average molecular weight is 425 g/mol. The van der Waals surface area contributed by atoms with Crippen LogP contribution in [0.3, 0.4) is 0 Å². The van der Waals surface area contributed by atoms with Crippen LogP contribution in [0, 0.1) is 10.1 Å². The van der Waals surface area contributed by atoms with Crippen molar-refractivity contribution in [2.45, 2.75) is 25.7 Å². The molecule has 21 heavy (non-hydrogen) atoms. The molecular formula is C14H19Br2NO4. The van der Waals surface area contributed by atoms with E-state index in [0.717, 1.165) is 36.3 Å². The molecule has 1 rings (SSSR count). The smallest absolute Gasteiger partial charge is 0.311 e. The molecule has 0 amide bonds. The molecule has 0 N–H and O–H groups in total. The Kier molecular flexibility index (Phi) is 9.41. The van der Waals surface area contributed by atoms with Crippen LogP contribution in [-0.2, 0) is 0 Å². The summed E-state index contributed by atoms with van der Waals surface area (Å²) in [6.45, 7) is 1.05. The molecule has 0 aliphatic heterocycles. The number of nitro groups is 1. The molecule has 0 atom stereocenters. The molecule has 0 saturated heterocycles. The maximum absolute atomic E-state index is 11.0. The second-order valence-electron chi connectivity index (χ2n) is 4.38. The summed E-state index contributed by atoms with van der Waals surface area (Å²) in [7, 11) is 0. The molecule has 7 heteroatoms. The zero-order valence-corrected chi connectivity index (χ0v) is 14.9. The van der Waals surface area contributed by atoms with E-state index in [2.05, 4.69) is 31.9 Å². The van der Waals surface area contributed by atoms with Crippen molar-refractivity contribution in [1.82, 2.24) is 0 Å². The van der Waals surface area contributed by atoms with Gasteiger partial charge in [0.15, 0.2) is 0 Å². The van der Waals surface area contributed by atoms with E-state index in [-0.39, 0.29) is 11.4 Å². The third-order valence-electron chi connectivity index (χ3n) is 2.71. The van der Waals surface area contributed by atoms with Gasteiger partial charge in [-0.1, -0.05) is 31.9 Å². The van der Waals surface area contributed by atoms with E-state index in [1.165, 1.54) is 6.07 Å². The molecule has 0 heterocycles. The summed E-state index contributed by atoms with van der Waals surface area (Å²) in [5.74, 6) is 0.873. The zero-order valence-electron chi connectivity index (χ0n) is 11.7. The minimum atomic E-state index is -0.436. The molecule has 1 aromatic carbocycles. The van der Waals surface area contributed by atoms with Crippen molar-refractivity contribution in [3.63, 3.8) is 0 Å². The summed E-state index contributed by atoms with van der Waals surface area (Å²) in [5.41, 5.74) is -0.0262. The van der Waals surface area contributed by atoms with Gasteiger partial charge in [0.25, 0.3) is 0 Å². The topological polar surface area (TPSA) is 61.6 Å². The quantitative estimate of drug-likeness (QED) is 0.223. The van der Waals surface area contributed by atoms with Crippen LogP contribution >= 0.6 is 31.9 Å². The van der Waals surface area contributed by atoms with E-state index >= 15 is 0 Å². The van der Waals surface area contributed by atoms with Gasteiger partial charge in [-0.2, -0.15) is 0 Å². The van der Waals surface area contributed by atoms with Gasteiger partial charge in [0.1, 0.15) is 5.75 Å². The maximum Gasteiger partial charge on any atom is 0.311 e. The van der Waals surface area contributed by atoms with Crippen LogP contribution < -0.4 is 9.47 Å². The van der Waals surface area contributed by atoms with Crippen molar-refractivity contribution in [2.75, 3.05) is 23.9 Å². The first-order chi connectivity index (χ1) is 10.2. The minimum Gasteiger partial charge on any atom is -0.493 e. The van der Waals surface area contributed by atoms with Gasteiger partial charge in [-0.05, 0) is 31.7 Å². The van der Waals surface area contributed by atoms with E-state index < -0.39 is 4.92 Å². The van der Waals surface area contributed by atoms with Crippen molar-refractivity contribution in [2.24, 2.45) is 0 Å². The van der Waals surface area contributed by atoms with E-state index in [1.807, 2.05) is 0 Å². The molecule has 0 bridgehead atoms. The fourth-order valence-electron chi connectivity index (χ4n) is 1.62. The standard InChI is InChI=1S/C14H19Br2NO4/c15-7-1-3-9-20-12-5-6-13(17(18)19)14(11-12)21-10-4-2-8-16/h5-6,11H,1-4,7-10H2. The molecule has 0 aliphatic rings. The van der Waals surface area contributed by atoms with Gasteiger partial charge in [0.05, 0.1) is 18.1 Å². The van der Waals surface area contributed by atoms with E-state index in [1.54, 1.807) is 12.1 Å². The lowest BCUT2D eigenvalue weighted by molar-refractivity contribution is -0.385. The lowest BCUT2D eigenvalue weighted by Crippen LogP contribution is -2.02. The molecule has 0 radical (unpaired) electrons. The average Bonchev–Trinajstić information content (AvgIpc) is 2.48. The fourth-order valence-corrected chi connectivity index (χ4v) is 2.41. The number of rotatable bonds is 11. The van der Waals surface area contributed by atoms with Crippen LogP contribution in [0.4, 0.5) is 5.69 Å². The summed E-state index contributed by atoms with van der Waals surface area (Å²) in [4.78, 5) is 10.6. The molecule has 0 unspecified atom stereocenters. The Morgan fingerprint density at radius 1 is 1.00 bits per heavy atom. The first-order valence-corrected chi connectivity index (χ1v) is 9.09. The fraction of sp³-hybridized carbons (Fsp3) is 0.571. The van der Waals surface area contributed by atoms with E-state index in [4.69, 9.17) is 9.47 Å². The molecule has 0 aliphatic carbocycles. The van der Waals surface area contributed by atoms with Gasteiger partial charge >= 0.3 is 5.69 Å². The normalized spacial score (nSPS) is 10.4. The largest absolute Gasteiger partial charge is 0.493 e. The van der Waals surface area contributed by atoms with Crippen molar-refractivity contribution in [3.8, 4) is 11.5 Å². The van der Waals surface area contributed by atoms with Crippen LogP contribution in [0.1, 0.15) is 25.7 Å². The minimum absolute atomic E-state index is 0.0262. The van der Waals surface area contributed by atoms with Crippen LogP contribution in [0.5, 0.6) is 11.5 Å². The Morgan fingerprint density at radius 3 is 2.19 bits per heavy atom. The predicted octanol–water partition coefficient (Wildman–Crippen LogP) is 4.70. The molecular weight excluding hydrogens is 406 g/mol. The van der Waals surface area contributed by atoms with Crippen molar-refractivity contribution >= 4 is 37.5 Å². The number of unbranched alkanes of at least 4 members (excludes halogenated alkanes) is 2. The summed E-state index contributed by atoms with van der Waals surface area (Å²) < 4.78 is 11.1. The van der Waals surface area contributed by atoms with Gasteiger partial charge in [-0.25, -0.2) is 0 Å². The Balaban J connectivity index is 2.64. The number of halogens is 2. The summed E-state index contributed by atoms with van der Waals surface area (Å²) in [6.07, 6.45) is 3.78. The van der Waals surface area contributed by atoms with Gasteiger partial charge in [-0.15, -0.1) is 0 Å². The highest BCUT2D eigenvalue weighted by Gasteiger charge is 2.16. The third-order valence-corrected chi connectivity index (χ3v) is 3.83. The molecule has 0 aromatic heterocycles. The van der Waals surface area contributed by atoms with Crippen LogP contribution in [0.25, 0.3) is 0 Å². The molecule has 118 valence electrons. The second-order valence-corrected chi connectivity index (χ2v) is 5.96. The van der Waals surface area contributed by atoms with Crippen molar-refractivity contribution in [1.29, 1.82) is 0 Å². The highest BCUT2D eigenvalue weighted by Crippen LogP contribution is 2.31. The summed E-state index contributed by atoms with van der Waals surface area (Å²) in [5, 5.41) is 12.8. The SMILES string of the molecule is O=[N+]([O-])c1ccc(OCCCCBr)cc1OCCCCBr. The van der Waals surface area contributed by atoms with Gasteiger partial charge < -0.3 is 9.47 Å². The monoisotopic (exact) mass is 423 g/mol. The number of hydrogen-bond donors (Lipinski definition) is 0. The molecule has 0 spiro atoms. The Morgan fingerprint density at radius 2 is 1.62 bits per heavy atom. The number of nitrogens with zero attached hydrogens (tertiary/aromatic N) is 1. The van der Waals surface area contributed by atoms with Gasteiger partial charge in [-0.3, -0.25) is 10.1 Å². The highest BCUT2D eigenvalue weighted by molar-refractivity contribution is 9.09. The first kappa shape index (κ1) is 18.2. The highest BCUT2D eigenvalue weighted by atomic mass is 79.9. The summed E-state index contributed by atoms with van der Waals surface area (Å²) >= 11 is 6.70. The maximum atomic E-state index is 11.0. The van der Waals surface area contributed by atoms with Gasteiger partial charge in [0.2, 0.25) is 5.75 Å². The number of nitro benzene ring substituents is 1. The van der Waals surface area contributed by atoms with Crippen LogP contribution in [0.2, 0.25) is 0 Å². The number of hydrogen-bond acceptors (Lipinski definition) is 4. The molecule has 1 aromatic rings. The second kappa shape index (κ2) is 10.8. The lowest BCUT2D eigenvalue weighted by atomic mass is 10.2. The number of benzene rings is 1. The van der Waals surface area contributed by atoms with Crippen LogP contribution in [0.15, 0.2) is 18.2 Å². The van der Waals surface area contributed by atoms with Crippen LogP contribution in [-0.4, -0.2) is 28.8 Å². The molecule has 0 fully saturated rings. The molecule has 5 nitrogen and oxygen atoms in total. The van der Waals surface area contributed by atoms with Crippen molar-refractivity contribution in [3.05, 3.63) is 28.3 Å². The first-order valence-electron chi connectivity index (χ1n) is 6.85. The Hall–Kier alpha value is -0.820. The van der Waals surface area contributed by atoms with Gasteiger partial charge in [0, 0.05) is 22.8 Å². The summed E-state index contributed by atoms with van der Waals surface area (Å²) in [6, 6.07) is 4.64. The Bertz CT molecular complexity index is 443. The number of ether oxygens (including phenoxy) is 2. The van der Waals surface area contributed by atoms with Crippen molar-refractivity contribution < 1.29 is 14.4 Å². The van der Waals surface area contributed by atoms with E-state index in [9.17, 15) is 10.1 Å². The molecule has 0 saturated carbocycles. The third kappa shape index (κ3) is 7.13. The predicted molar refractivity (Wildman–Crippen MR) is 90.1 cm³/mol. The number of alkyl halides is 2. The zero-order chi connectivity index (χ0) is 15.5.